The first-order chi connectivity index (χ1) is 10.8. The zero-order valence-corrected chi connectivity index (χ0v) is 14.2. The summed E-state index contributed by atoms with van der Waals surface area (Å²) in [6.45, 7) is 6.87. The molecule has 1 saturated heterocycles. The van der Waals surface area contributed by atoms with Crippen molar-refractivity contribution in [2.24, 2.45) is 0 Å². The van der Waals surface area contributed by atoms with Gasteiger partial charge in [0.25, 0.3) is 0 Å². The van der Waals surface area contributed by atoms with E-state index in [9.17, 15) is 9.18 Å². The Kier molecular flexibility index (Phi) is 5.34. The maximum atomic E-state index is 14.1. The normalized spacial score (nSPS) is 16.1. The van der Waals surface area contributed by atoms with E-state index in [-0.39, 0.29) is 11.9 Å². The number of amides is 1. The molecule has 0 unspecified atom stereocenters. The monoisotopic (exact) mass is 324 g/mol. The van der Waals surface area contributed by atoms with Crippen molar-refractivity contribution in [3.8, 4) is 5.75 Å². The van der Waals surface area contributed by atoms with E-state index in [4.69, 9.17) is 9.47 Å². The first kappa shape index (κ1) is 17.4. The summed E-state index contributed by atoms with van der Waals surface area (Å²) in [5.74, 6) is 0.218. The maximum absolute atomic E-state index is 14.1. The van der Waals surface area contributed by atoms with Crippen LogP contribution >= 0.6 is 0 Å². The first-order valence-corrected chi connectivity index (χ1v) is 7.86. The summed E-state index contributed by atoms with van der Waals surface area (Å²) in [5.41, 5.74) is 0.0679. The number of anilines is 1. The molecule has 0 radical (unpaired) electrons. The number of hydrogen-bond acceptors (Lipinski definition) is 4. The molecule has 6 heteroatoms. The minimum Gasteiger partial charge on any atom is -0.497 e. The Morgan fingerprint density at radius 2 is 1.96 bits per heavy atom. The summed E-state index contributed by atoms with van der Waals surface area (Å²) in [4.78, 5) is 13.8. The van der Waals surface area contributed by atoms with Crippen LogP contribution < -0.4 is 15.0 Å². The molecule has 1 aliphatic rings. The van der Waals surface area contributed by atoms with Crippen LogP contribution in [0.3, 0.4) is 0 Å². The highest BCUT2D eigenvalue weighted by Crippen LogP contribution is 2.26. The summed E-state index contributed by atoms with van der Waals surface area (Å²) in [6.07, 6.45) is 1.11. The van der Waals surface area contributed by atoms with Gasteiger partial charge in [0.2, 0.25) is 0 Å². The van der Waals surface area contributed by atoms with Crippen LogP contribution in [0.4, 0.5) is 14.9 Å². The molecule has 0 bridgehead atoms. The fourth-order valence-electron chi connectivity index (χ4n) is 2.61. The molecule has 128 valence electrons. The highest BCUT2D eigenvalue weighted by Gasteiger charge is 2.24. The molecule has 1 heterocycles. The fraction of sp³-hybridized carbons (Fsp3) is 0.588. The van der Waals surface area contributed by atoms with Crippen molar-refractivity contribution in [3.05, 3.63) is 24.0 Å². The number of nitrogens with one attached hydrogen (secondary N) is 1. The molecule has 0 aromatic heterocycles. The van der Waals surface area contributed by atoms with Crippen LogP contribution in [-0.4, -0.2) is 37.9 Å². The number of carbonyl (C=O) groups excluding carboxylic acids is 1. The van der Waals surface area contributed by atoms with Gasteiger partial charge in [0.05, 0.1) is 12.8 Å². The molecule has 1 aromatic carbocycles. The minimum atomic E-state index is -0.503. The van der Waals surface area contributed by atoms with E-state index < -0.39 is 11.7 Å². The fourth-order valence-corrected chi connectivity index (χ4v) is 2.61. The summed E-state index contributed by atoms with van der Waals surface area (Å²) >= 11 is 0. The first-order valence-electron chi connectivity index (χ1n) is 7.86. The Bertz CT molecular complexity index is 549. The van der Waals surface area contributed by atoms with Crippen molar-refractivity contribution in [1.82, 2.24) is 5.32 Å². The third-order valence-corrected chi connectivity index (χ3v) is 3.71. The molecule has 1 amide bonds. The van der Waals surface area contributed by atoms with Gasteiger partial charge >= 0.3 is 6.09 Å². The zero-order valence-electron chi connectivity index (χ0n) is 14.2. The van der Waals surface area contributed by atoms with E-state index in [1.54, 1.807) is 12.1 Å². The predicted octanol–water partition coefficient (Wildman–Crippen LogP) is 3.33. The van der Waals surface area contributed by atoms with Crippen LogP contribution in [-0.2, 0) is 4.74 Å². The second kappa shape index (κ2) is 7.06. The SMILES string of the molecule is COc1ccc(N2CCC(NC(=O)OC(C)(C)C)CC2)c(F)c1. The Morgan fingerprint density at radius 3 is 2.48 bits per heavy atom. The van der Waals surface area contributed by atoms with Crippen LogP contribution in [0.15, 0.2) is 18.2 Å². The van der Waals surface area contributed by atoms with Gasteiger partial charge in [-0.1, -0.05) is 0 Å². The molecule has 1 fully saturated rings. The van der Waals surface area contributed by atoms with Gasteiger partial charge in [-0.05, 0) is 45.7 Å². The minimum absolute atomic E-state index is 0.0578. The average Bonchev–Trinajstić information content (AvgIpc) is 2.46. The van der Waals surface area contributed by atoms with Crippen molar-refractivity contribution in [2.75, 3.05) is 25.1 Å². The lowest BCUT2D eigenvalue weighted by molar-refractivity contribution is 0.0497. The molecular formula is C17H25FN2O3. The number of piperidine rings is 1. The van der Waals surface area contributed by atoms with E-state index in [1.807, 2.05) is 25.7 Å². The van der Waals surface area contributed by atoms with Gasteiger partial charge in [0.15, 0.2) is 0 Å². The summed E-state index contributed by atoms with van der Waals surface area (Å²) in [6, 6.07) is 4.93. The van der Waals surface area contributed by atoms with Crippen LogP contribution in [0.2, 0.25) is 0 Å². The molecule has 0 atom stereocenters. The zero-order chi connectivity index (χ0) is 17.0. The number of methoxy groups -OCH3 is 1. The highest BCUT2D eigenvalue weighted by atomic mass is 19.1. The summed E-state index contributed by atoms with van der Waals surface area (Å²) < 4.78 is 24.4. The molecule has 1 aromatic rings. The number of halogens is 1. The van der Waals surface area contributed by atoms with Crippen molar-refractivity contribution >= 4 is 11.8 Å². The van der Waals surface area contributed by atoms with Gasteiger partial charge in [0, 0.05) is 25.2 Å². The molecule has 0 spiro atoms. The van der Waals surface area contributed by atoms with Gasteiger partial charge in [-0.25, -0.2) is 9.18 Å². The van der Waals surface area contributed by atoms with Crippen LogP contribution in [0.25, 0.3) is 0 Å². The van der Waals surface area contributed by atoms with Crippen molar-refractivity contribution in [1.29, 1.82) is 0 Å². The van der Waals surface area contributed by atoms with Crippen molar-refractivity contribution < 1.29 is 18.7 Å². The van der Waals surface area contributed by atoms with E-state index in [1.165, 1.54) is 13.2 Å². The molecule has 23 heavy (non-hydrogen) atoms. The van der Waals surface area contributed by atoms with E-state index >= 15 is 0 Å². The molecule has 2 rings (SSSR count). The molecule has 0 aliphatic carbocycles. The Labute approximate surface area is 136 Å². The summed E-state index contributed by atoms with van der Waals surface area (Å²) in [7, 11) is 1.52. The standard InChI is InChI=1S/C17H25FN2O3/c1-17(2,3)23-16(21)19-12-7-9-20(10-8-12)15-6-5-13(22-4)11-14(15)18/h5-6,11-12H,7-10H2,1-4H3,(H,19,21). The van der Waals surface area contributed by atoms with Crippen LogP contribution in [0, 0.1) is 5.82 Å². The van der Waals surface area contributed by atoms with Gasteiger partial charge in [-0.15, -0.1) is 0 Å². The average molecular weight is 324 g/mol. The van der Waals surface area contributed by atoms with Gasteiger partial charge < -0.3 is 19.7 Å². The molecule has 1 N–H and O–H groups in total. The van der Waals surface area contributed by atoms with Gasteiger partial charge in [-0.2, -0.15) is 0 Å². The lowest BCUT2D eigenvalue weighted by Crippen LogP contribution is -2.46. The lowest BCUT2D eigenvalue weighted by Gasteiger charge is -2.34. The predicted molar refractivity (Wildman–Crippen MR) is 87.6 cm³/mol. The smallest absolute Gasteiger partial charge is 0.407 e. The van der Waals surface area contributed by atoms with Crippen LogP contribution in [0.1, 0.15) is 33.6 Å². The topological polar surface area (TPSA) is 50.8 Å². The quantitative estimate of drug-likeness (QED) is 0.926. The number of carbonyl (C=O) groups is 1. The number of alkyl carbamates (subject to hydrolysis) is 1. The second-order valence-corrected chi connectivity index (χ2v) is 6.72. The Morgan fingerprint density at radius 1 is 1.30 bits per heavy atom. The number of ether oxygens (including phenoxy) is 2. The third kappa shape index (κ3) is 5.01. The van der Waals surface area contributed by atoms with Crippen LogP contribution in [0.5, 0.6) is 5.75 Å². The van der Waals surface area contributed by atoms with E-state index in [2.05, 4.69) is 5.32 Å². The van der Waals surface area contributed by atoms with Crippen molar-refractivity contribution in [3.63, 3.8) is 0 Å². The molecular weight excluding hydrogens is 299 g/mol. The molecule has 1 aliphatic heterocycles. The Balaban J connectivity index is 1.88. The number of nitrogens with zero attached hydrogens (tertiary/aromatic N) is 1. The largest absolute Gasteiger partial charge is 0.497 e. The van der Waals surface area contributed by atoms with E-state index in [0.29, 0.717) is 24.5 Å². The number of benzene rings is 1. The summed E-state index contributed by atoms with van der Waals surface area (Å²) in [5, 5.41) is 2.88. The highest BCUT2D eigenvalue weighted by molar-refractivity contribution is 5.68. The molecule has 5 nitrogen and oxygen atoms in total. The second-order valence-electron chi connectivity index (χ2n) is 6.72. The van der Waals surface area contributed by atoms with Gasteiger partial charge in [-0.3, -0.25) is 0 Å². The van der Waals surface area contributed by atoms with E-state index in [0.717, 1.165) is 12.8 Å². The third-order valence-electron chi connectivity index (χ3n) is 3.71. The number of rotatable bonds is 3. The molecule has 0 saturated carbocycles. The van der Waals surface area contributed by atoms with Gasteiger partial charge in [0.1, 0.15) is 17.2 Å². The number of hydrogen-bond donors (Lipinski definition) is 1. The Hall–Kier alpha value is -1.98. The van der Waals surface area contributed by atoms with Crippen molar-refractivity contribution in [2.45, 2.75) is 45.3 Å². The maximum Gasteiger partial charge on any atom is 0.407 e. The lowest BCUT2D eigenvalue weighted by atomic mass is 10.0.